The lowest BCUT2D eigenvalue weighted by Crippen LogP contribution is -2.36. The second-order valence-electron chi connectivity index (χ2n) is 4.81. The number of hydroxylamine groups is 1. The van der Waals surface area contributed by atoms with E-state index in [4.69, 9.17) is 14.2 Å². The van der Waals surface area contributed by atoms with Crippen molar-refractivity contribution in [2.75, 3.05) is 56.4 Å². The van der Waals surface area contributed by atoms with E-state index >= 15 is 0 Å². The quantitative estimate of drug-likeness (QED) is 0.353. The van der Waals surface area contributed by atoms with Crippen molar-refractivity contribution < 1.29 is 29.0 Å². The summed E-state index contributed by atoms with van der Waals surface area (Å²) in [6.07, 6.45) is 0. The van der Waals surface area contributed by atoms with Crippen molar-refractivity contribution in [2.45, 2.75) is 13.8 Å². The summed E-state index contributed by atoms with van der Waals surface area (Å²) in [4.78, 5) is 38.0. The number of nitrogens with zero attached hydrogens (tertiary/aromatic N) is 6. The lowest BCUT2D eigenvalue weighted by molar-refractivity contribution is -0.121. The number of amides is 2. The van der Waals surface area contributed by atoms with Crippen molar-refractivity contribution in [3.8, 4) is 0 Å². The van der Waals surface area contributed by atoms with Gasteiger partial charge in [-0.25, -0.2) is 0 Å². The third-order valence-electron chi connectivity index (χ3n) is 2.82. The molecule has 0 aromatic carbocycles. The summed E-state index contributed by atoms with van der Waals surface area (Å²) in [6, 6.07) is 0. The molecule has 0 aliphatic heterocycles. The van der Waals surface area contributed by atoms with Crippen molar-refractivity contribution in [2.24, 2.45) is 0 Å². The Hall–Kier alpha value is -2.41. The highest BCUT2D eigenvalue weighted by Gasteiger charge is 2.23. The maximum absolute atomic E-state index is 11.8. The van der Waals surface area contributed by atoms with E-state index in [0.29, 0.717) is 0 Å². The zero-order valence-corrected chi connectivity index (χ0v) is 14.8. The molecule has 1 aromatic heterocycles. The van der Waals surface area contributed by atoms with Crippen LogP contribution in [0.25, 0.3) is 0 Å². The van der Waals surface area contributed by atoms with E-state index in [0.717, 1.165) is 11.8 Å². The SMILES string of the molecule is COCN(COC)c1nc(N(O)C(C)=O)nc(N(COC)C(C)=O)n1. The average Bonchev–Trinajstić information content (AvgIpc) is 2.57. The first-order valence-electron chi connectivity index (χ1n) is 7.11. The van der Waals surface area contributed by atoms with Gasteiger partial charge in [-0.3, -0.25) is 24.6 Å². The van der Waals surface area contributed by atoms with Gasteiger partial charge in [0, 0.05) is 35.2 Å². The molecule has 12 nitrogen and oxygen atoms in total. The number of aromatic nitrogens is 3. The Labute approximate surface area is 144 Å². The molecule has 1 rings (SSSR count). The van der Waals surface area contributed by atoms with E-state index in [1.165, 1.54) is 33.2 Å². The van der Waals surface area contributed by atoms with Crippen LogP contribution in [-0.4, -0.2) is 73.5 Å². The normalized spacial score (nSPS) is 10.5. The second kappa shape index (κ2) is 9.78. The first-order chi connectivity index (χ1) is 11.8. The molecule has 0 saturated heterocycles. The summed E-state index contributed by atoms with van der Waals surface area (Å²) < 4.78 is 15.1. The van der Waals surface area contributed by atoms with Crippen LogP contribution < -0.4 is 14.9 Å². The zero-order valence-electron chi connectivity index (χ0n) is 14.8. The molecule has 0 aliphatic carbocycles. The fourth-order valence-electron chi connectivity index (χ4n) is 1.72. The molecule has 2 amide bonds. The molecule has 140 valence electrons. The van der Waals surface area contributed by atoms with Gasteiger partial charge in [0.15, 0.2) is 0 Å². The van der Waals surface area contributed by atoms with Crippen LogP contribution in [0, 0.1) is 0 Å². The lowest BCUT2D eigenvalue weighted by atomic mass is 10.6. The Morgan fingerprint density at radius 2 is 1.32 bits per heavy atom. The first kappa shape index (κ1) is 20.6. The van der Waals surface area contributed by atoms with Crippen LogP contribution in [0.4, 0.5) is 17.8 Å². The maximum atomic E-state index is 11.8. The molecule has 12 heteroatoms. The largest absolute Gasteiger partial charge is 0.364 e. The number of methoxy groups -OCH3 is 3. The summed E-state index contributed by atoms with van der Waals surface area (Å²) in [6.45, 7) is 2.42. The third-order valence-corrected chi connectivity index (χ3v) is 2.82. The van der Waals surface area contributed by atoms with Gasteiger partial charge in [-0.2, -0.15) is 20.0 Å². The van der Waals surface area contributed by atoms with Crippen LogP contribution in [0.1, 0.15) is 13.8 Å². The highest BCUT2D eigenvalue weighted by Crippen LogP contribution is 2.19. The maximum Gasteiger partial charge on any atom is 0.263 e. The minimum absolute atomic E-state index is 0.0337. The molecule has 25 heavy (non-hydrogen) atoms. The topological polar surface area (TPSA) is 130 Å². The highest BCUT2D eigenvalue weighted by molar-refractivity contribution is 5.90. The summed E-state index contributed by atoms with van der Waals surface area (Å²) in [7, 11) is 4.33. The van der Waals surface area contributed by atoms with Gasteiger partial charge >= 0.3 is 0 Å². The number of hydrogen-bond donors (Lipinski definition) is 1. The van der Waals surface area contributed by atoms with Gasteiger partial charge in [0.05, 0.1) is 0 Å². The van der Waals surface area contributed by atoms with Gasteiger partial charge < -0.3 is 14.2 Å². The third kappa shape index (κ3) is 5.56. The van der Waals surface area contributed by atoms with Crippen molar-refractivity contribution >= 4 is 29.7 Å². The molecule has 0 unspecified atom stereocenters. The molecule has 0 radical (unpaired) electrons. The summed E-state index contributed by atoms with van der Waals surface area (Å²) in [5, 5.41) is 10.1. The van der Waals surface area contributed by atoms with Gasteiger partial charge in [0.1, 0.15) is 20.2 Å². The van der Waals surface area contributed by atoms with Crippen LogP contribution in [0.2, 0.25) is 0 Å². The Morgan fingerprint density at radius 1 is 0.840 bits per heavy atom. The minimum atomic E-state index is -0.714. The smallest absolute Gasteiger partial charge is 0.263 e. The molecule has 0 saturated carbocycles. The molecular weight excluding hydrogens is 336 g/mol. The molecule has 1 aromatic rings. The molecule has 1 N–H and O–H groups in total. The predicted octanol–water partition coefficient (Wildman–Crippen LogP) is -0.415. The average molecular weight is 358 g/mol. The Kier molecular flexibility index (Phi) is 8.07. The number of anilines is 3. The first-order valence-corrected chi connectivity index (χ1v) is 7.11. The van der Waals surface area contributed by atoms with E-state index in [9.17, 15) is 14.8 Å². The van der Waals surface area contributed by atoms with Gasteiger partial charge in [-0.15, -0.1) is 0 Å². The number of rotatable bonds is 9. The van der Waals surface area contributed by atoms with Crippen LogP contribution in [0.3, 0.4) is 0 Å². The number of carbonyl (C=O) groups excluding carboxylic acids is 2. The van der Waals surface area contributed by atoms with Crippen LogP contribution in [-0.2, 0) is 23.8 Å². The summed E-state index contributed by atoms with van der Waals surface area (Å²) in [5.41, 5.74) is 0. The van der Waals surface area contributed by atoms with Crippen molar-refractivity contribution in [1.29, 1.82) is 0 Å². The second-order valence-corrected chi connectivity index (χ2v) is 4.81. The van der Waals surface area contributed by atoms with E-state index in [1.807, 2.05) is 0 Å². The summed E-state index contributed by atoms with van der Waals surface area (Å²) >= 11 is 0. The fraction of sp³-hybridized carbons (Fsp3) is 0.615. The standard InChI is InChI=1S/C13H22N6O6/c1-9(20)18(8-25-5)12-14-11(17(6-23-3)7-24-4)15-13(16-12)19(22)10(2)21/h22H,6-8H2,1-5H3. The monoisotopic (exact) mass is 358 g/mol. The van der Waals surface area contributed by atoms with Crippen molar-refractivity contribution in [3.05, 3.63) is 0 Å². The molecule has 0 atom stereocenters. The Morgan fingerprint density at radius 3 is 1.76 bits per heavy atom. The van der Waals surface area contributed by atoms with E-state index in [1.54, 1.807) is 0 Å². The molecule has 1 heterocycles. The van der Waals surface area contributed by atoms with Crippen LogP contribution >= 0.6 is 0 Å². The van der Waals surface area contributed by atoms with E-state index in [2.05, 4.69) is 15.0 Å². The molecule has 0 aliphatic rings. The highest BCUT2D eigenvalue weighted by atomic mass is 16.5. The van der Waals surface area contributed by atoms with Crippen molar-refractivity contribution in [3.63, 3.8) is 0 Å². The van der Waals surface area contributed by atoms with Gasteiger partial charge in [-0.05, 0) is 0 Å². The van der Waals surface area contributed by atoms with Crippen LogP contribution in [0.15, 0.2) is 0 Å². The number of ether oxygens (including phenoxy) is 3. The fourth-order valence-corrected chi connectivity index (χ4v) is 1.72. The van der Waals surface area contributed by atoms with Gasteiger partial charge in [0.25, 0.3) is 5.95 Å². The van der Waals surface area contributed by atoms with Gasteiger partial charge in [0.2, 0.25) is 23.7 Å². The van der Waals surface area contributed by atoms with E-state index in [-0.39, 0.29) is 43.1 Å². The van der Waals surface area contributed by atoms with E-state index < -0.39 is 11.8 Å². The summed E-state index contributed by atoms with van der Waals surface area (Å²) in [5.74, 6) is -1.54. The number of hydrogen-bond acceptors (Lipinski definition) is 10. The molecule has 0 bridgehead atoms. The molecular formula is C13H22N6O6. The van der Waals surface area contributed by atoms with Crippen LogP contribution in [0.5, 0.6) is 0 Å². The van der Waals surface area contributed by atoms with Gasteiger partial charge in [-0.1, -0.05) is 0 Å². The zero-order chi connectivity index (χ0) is 19.0. The molecule has 0 fully saturated rings. The number of carbonyl (C=O) groups is 2. The minimum Gasteiger partial charge on any atom is -0.364 e. The Bertz CT molecular complexity index is 594. The predicted molar refractivity (Wildman–Crippen MR) is 86.0 cm³/mol. The van der Waals surface area contributed by atoms with Crippen molar-refractivity contribution in [1.82, 2.24) is 15.0 Å². The molecule has 0 spiro atoms. The lowest BCUT2D eigenvalue weighted by Gasteiger charge is -2.24. The Balaban J connectivity index is 3.44.